The number of aliphatic hydroxyl groups is 1. The second-order valence-corrected chi connectivity index (χ2v) is 10.4. The number of imide groups is 1. The summed E-state index contributed by atoms with van der Waals surface area (Å²) in [5.41, 5.74) is -0.938. The van der Waals surface area contributed by atoms with Crippen molar-refractivity contribution >= 4 is 33.3 Å². The molecule has 0 spiro atoms. The van der Waals surface area contributed by atoms with Gasteiger partial charge in [0.05, 0.1) is 36.1 Å². The van der Waals surface area contributed by atoms with Crippen LogP contribution in [0.25, 0.3) is 0 Å². The van der Waals surface area contributed by atoms with Crippen molar-refractivity contribution in [2.75, 3.05) is 24.5 Å². The summed E-state index contributed by atoms with van der Waals surface area (Å²) in [7, 11) is -3.09. The number of nitro groups is 1. The van der Waals surface area contributed by atoms with Crippen molar-refractivity contribution in [3.05, 3.63) is 58.1 Å². The number of rotatable bonds is 9. The highest BCUT2D eigenvalue weighted by atomic mass is 32.2. The Labute approximate surface area is 202 Å². The van der Waals surface area contributed by atoms with Crippen LogP contribution in [0.15, 0.2) is 47.4 Å². The van der Waals surface area contributed by atoms with Crippen molar-refractivity contribution in [2.24, 2.45) is 0 Å². The summed E-state index contributed by atoms with van der Waals surface area (Å²) in [6.45, 7) is 3.67. The normalized spacial score (nSPS) is 16.1. The molecule has 1 fully saturated rings. The van der Waals surface area contributed by atoms with Crippen molar-refractivity contribution < 1.29 is 32.8 Å². The maximum absolute atomic E-state index is 13.6. The van der Waals surface area contributed by atoms with E-state index < -0.39 is 57.3 Å². The number of β-amino-alcohol motifs (C(OH)–C–C–N with tert-alkyl or cyclic N) is 1. The molecule has 1 saturated heterocycles. The molecule has 0 aromatic heterocycles. The van der Waals surface area contributed by atoms with Gasteiger partial charge in [0.15, 0.2) is 0 Å². The third kappa shape index (κ3) is 5.20. The fourth-order valence-corrected chi connectivity index (χ4v) is 5.10. The Morgan fingerprint density at radius 3 is 2.34 bits per heavy atom. The number of nitrogens with zero attached hydrogens (tertiary/aromatic N) is 3. The lowest BCUT2D eigenvalue weighted by atomic mass is 10.1. The molecule has 0 radical (unpaired) electrons. The Kier molecular flexibility index (Phi) is 7.03. The second-order valence-electron chi connectivity index (χ2n) is 8.59. The molecule has 1 aliphatic heterocycles. The van der Waals surface area contributed by atoms with Crippen LogP contribution in [0, 0.1) is 17.0 Å². The number of ether oxygens (including phenoxy) is 1. The van der Waals surface area contributed by atoms with E-state index in [9.17, 15) is 33.2 Å². The van der Waals surface area contributed by atoms with Crippen molar-refractivity contribution in [1.82, 2.24) is 10.2 Å². The Morgan fingerprint density at radius 2 is 1.83 bits per heavy atom. The maximum Gasteiger partial charge on any atom is 0.325 e. The van der Waals surface area contributed by atoms with Crippen molar-refractivity contribution in [1.29, 1.82) is 0 Å². The molecule has 2 aromatic carbocycles. The standard InChI is InChI=1S/C22H26N4O8S/c1-14-5-8-17(9-6-14)35(32,33)25(18-11-15(26(30)31)7-10-19(18)34-4)13-16(27)12-24-20(28)22(2,3)23-21(24)29/h5-11,16,27H,12-13H2,1-4H3,(H,23,29)/t16-/m0/s1. The Morgan fingerprint density at radius 1 is 1.20 bits per heavy atom. The lowest BCUT2D eigenvalue weighted by molar-refractivity contribution is -0.384. The molecule has 2 N–H and O–H groups in total. The first-order valence-corrected chi connectivity index (χ1v) is 12.0. The van der Waals surface area contributed by atoms with Gasteiger partial charge >= 0.3 is 6.03 Å². The maximum atomic E-state index is 13.6. The molecule has 13 heteroatoms. The SMILES string of the molecule is COc1ccc([N+](=O)[O-])cc1N(C[C@@H](O)CN1C(=O)NC(C)(C)C1=O)S(=O)(=O)c1ccc(C)cc1. The summed E-state index contributed by atoms with van der Waals surface area (Å²) in [6, 6.07) is 8.61. The van der Waals surface area contributed by atoms with Gasteiger partial charge in [0, 0.05) is 12.1 Å². The van der Waals surface area contributed by atoms with Gasteiger partial charge in [0.1, 0.15) is 17.0 Å². The zero-order valence-electron chi connectivity index (χ0n) is 19.6. The fourth-order valence-electron chi connectivity index (χ4n) is 3.59. The summed E-state index contributed by atoms with van der Waals surface area (Å²) >= 11 is 0. The Balaban J connectivity index is 2.05. The molecule has 0 unspecified atom stereocenters. The number of carbonyl (C=O) groups excluding carboxylic acids is 2. The highest BCUT2D eigenvalue weighted by molar-refractivity contribution is 7.92. The second kappa shape index (κ2) is 9.50. The molecule has 1 heterocycles. The molecule has 0 saturated carbocycles. The molecule has 12 nitrogen and oxygen atoms in total. The van der Waals surface area contributed by atoms with Crippen molar-refractivity contribution in [3.63, 3.8) is 0 Å². The number of nitrogens with one attached hydrogen (secondary N) is 1. The van der Waals surface area contributed by atoms with Crippen LogP contribution >= 0.6 is 0 Å². The first kappa shape index (κ1) is 25.9. The van der Waals surface area contributed by atoms with E-state index in [1.165, 1.54) is 39.2 Å². The van der Waals surface area contributed by atoms with Gasteiger partial charge in [-0.3, -0.25) is 24.1 Å². The molecular weight excluding hydrogens is 480 g/mol. The fraction of sp³-hybridized carbons (Fsp3) is 0.364. The largest absolute Gasteiger partial charge is 0.495 e. The lowest BCUT2D eigenvalue weighted by Gasteiger charge is -2.29. The molecule has 2 aromatic rings. The predicted molar refractivity (Wildman–Crippen MR) is 126 cm³/mol. The third-order valence-corrected chi connectivity index (χ3v) is 7.26. The Bertz CT molecular complexity index is 1260. The summed E-state index contributed by atoms with van der Waals surface area (Å²) in [6.07, 6.45) is -1.53. The van der Waals surface area contributed by atoms with Gasteiger partial charge in [-0.25, -0.2) is 13.2 Å². The number of hydrogen-bond acceptors (Lipinski definition) is 8. The van der Waals surface area contributed by atoms with Crippen LogP contribution in [0.4, 0.5) is 16.2 Å². The lowest BCUT2D eigenvalue weighted by Crippen LogP contribution is -2.45. The predicted octanol–water partition coefficient (Wildman–Crippen LogP) is 1.80. The molecule has 0 bridgehead atoms. The van der Waals surface area contributed by atoms with Gasteiger partial charge < -0.3 is 15.2 Å². The first-order chi connectivity index (χ1) is 16.3. The molecule has 35 heavy (non-hydrogen) atoms. The summed E-state index contributed by atoms with van der Waals surface area (Å²) in [5, 5.41) is 24.6. The van der Waals surface area contributed by atoms with Crippen LogP contribution in [0.2, 0.25) is 0 Å². The number of benzene rings is 2. The molecule has 188 valence electrons. The summed E-state index contributed by atoms with van der Waals surface area (Å²) < 4.78 is 33.3. The van der Waals surface area contributed by atoms with E-state index in [4.69, 9.17) is 4.74 Å². The number of hydrogen-bond donors (Lipinski definition) is 2. The number of sulfonamides is 1. The van der Waals surface area contributed by atoms with E-state index in [0.29, 0.717) is 0 Å². The quantitative estimate of drug-likeness (QED) is 0.296. The number of aryl methyl sites for hydroxylation is 1. The zero-order chi connectivity index (χ0) is 26.1. The minimum Gasteiger partial charge on any atom is -0.495 e. The van der Waals surface area contributed by atoms with Crippen LogP contribution in [0.5, 0.6) is 5.75 Å². The number of urea groups is 1. The molecular formula is C22H26N4O8S. The minimum absolute atomic E-state index is 0.00890. The number of anilines is 1. The van der Waals surface area contributed by atoms with Crippen LogP contribution in [0.3, 0.4) is 0 Å². The van der Waals surface area contributed by atoms with Crippen molar-refractivity contribution in [2.45, 2.75) is 37.3 Å². The molecule has 3 rings (SSSR count). The van der Waals surface area contributed by atoms with Gasteiger partial charge in [0.2, 0.25) is 0 Å². The smallest absolute Gasteiger partial charge is 0.325 e. The number of methoxy groups -OCH3 is 1. The average molecular weight is 507 g/mol. The Hall–Kier alpha value is -3.71. The number of non-ortho nitro benzene ring substituents is 1. The molecule has 3 amide bonds. The summed E-state index contributed by atoms with van der Waals surface area (Å²) in [4.78, 5) is 36.1. The number of carbonyl (C=O) groups is 2. The van der Waals surface area contributed by atoms with Crippen molar-refractivity contribution in [3.8, 4) is 5.75 Å². The van der Waals surface area contributed by atoms with Crippen LogP contribution < -0.4 is 14.4 Å². The van der Waals surface area contributed by atoms with Crippen LogP contribution in [-0.4, -0.2) is 67.1 Å². The molecule has 0 aliphatic carbocycles. The number of amides is 3. The number of nitro benzene ring substituents is 1. The third-order valence-electron chi connectivity index (χ3n) is 5.47. The van der Waals surface area contributed by atoms with E-state index in [-0.39, 0.29) is 16.3 Å². The van der Waals surface area contributed by atoms with Crippen LogP contribution in [-0.2, 0) is 14.8 Å². The van der Waals surface area contributed by atoms with E-state index in [2.05, 4.69) is 5.32 Å². The highest BCUT2D eigenvalue weighted by Crippen LogP contribution is 2.36. The zero-order valence-corrected chi connectivity index (χ0v) is 20.4. The first-order valence-electron chi connectivity index (χ1n) is 10.5. The van der Waals surface area contributed by atoms with E-state index in [1.54, 1.807) is 19.1 Å². The highest BCUT2D eigenvalue weighted by Gasteiger charge is 2.45. The van der Waals surface area contributed by atoms with Gasteiger partial charge in [-0.15, -0.1) is 0 Å². The average Bonchev–Trinajstić information content (AvgIpc) is 2.98. The van der Waals surface area contributed by atoms with Crippen LogP contribution in [0.1, 0.15) is 19.4 Å². The number of aliphatic hydroxyl groups excluding tert-OH is 1. The van der Waals surface area contributed by atoms with Gasteiger partial charge in [-0.05, 0) is 39.0 Å². The monoisotopic (exact) mass is 506 g/mol. The summed E-state index contributed by atoms with van der Waals surface area (Å²) in [5.74, 6) is -0.572. The van der Waals surface area contributed by atoms with E-state index in [1.807, 2.05) is 0 Å². The molecule has 1 atom stereocenters. The van der Waals surface area contributed by atoms with E-state index >= 15 is 0 Å². The molecule has 1 aliphatic rings. The van der Waals surface area contributed by atoms with Gasteiger partial charge in [0.25, 0.3) is 21.6 Å². The minimum atomic E-state index is -4.36. The van der Waals surface area contributed by atoms with E-state index in [0.717, 1.165) is 26.9 Å². The van der Waals surface area contributed by atoms with Gasteiger partial charge in [-0.2, -0.15) is 0 Å². The van der Waals surface area contributed by atoms with Gasteiger partial charge in [-0.1, -0.05) is 17.7 Å². The topological polar surface area (TPSA) is 159 Å².